The van der Waals surface area contributed by atoms with Gasteiger partial charge in [0.15, 0.2) is 22.2 Å². The number of rotatable bonds is 6. The molecule has 1 amide bonds. The molecule has 2 aromatic carbocycles. The number of piperidine rings is 1. The molecule has 1 aromatic heterocycles. The fourth-order valence-corrected chi connectivity index (χ4v) is 6.22. The van der Waals surface area contributed by atoms with E-state index in [1.165, 1.54) is 29.4 Å². The van der Waals surface area contributed by atoms with Gasteiger partial charge in [0.05, 0.1) is 5.92 Å². The molecule has 9 nitrogen and oxygen atoms in total. The van der Waals surface area contributed by atoms with Crippen molar-refractivity contribution in [1.29, 1.82) is 0 Å². The molecule has 2 aliphatic heterocycles. The van der Waals surface area contributed by atoms with E-state index in [4.69, 9.17) is 14.0 Å². The van der Waals surface area contributed by atoms with Crippen molar-refractivity contribution in [1.82, 2.24) is 9.46 Å². The lowest BCUT2D eigenvalue weighted by Crippen LogP contribution is -2.43. The minimum Gasteiger partial charge on any atom is -0.486 e. The summed E-state index contributed by atoms with van der Waals surface area (Å²) in [5, 5.41) is 6.69. The molecule has 5 rings (SSSR count). The Morgan fingerprint density at radius 3 is 2.73 bits per heavy atom. The number of carbonyl (C=O) groups is 1. The van der Waals surface area contributed by atoms with E-state index in [1.807, 2.05) is 0 Å². The summed E-state index contributed by atoms with van der Waals surface area (Å²) in [6, 6.07) is 11.3. The van der Waals surface area contributed by atoms with Gasteiger partial charge in [0.25, 0.3) is 0 Å². The number of aromatic nitrogens is 1. The molecule has 3 heterocycles. The van der Waals surface area contributed by atoms with Crippen molar-refractivity contribution in [3.05, 3.63) is 65.3 Å². The van der Waals surface area contributed by atoms with Crippen LogP contribution in [-0.2, 0) is 14.8 Å². The van der Waals surface area contributed by atoms with E-state index in [1.54, 1.807) is 36.4 Å². The number of halogens is 1. The number of anilines is 1. The van der Waals surface area contributed by atoms with Gasteiger partial charge in [-0.25, -0.2) is 12.8 Å². The Balaban J connectivity index is 1.32. The Kier molecular flexibility index (Phi) is 6.98. The first-order valence-corrected chi connectivity index (χ1v) is 13.4. The van der Waals surface area contributed by atoms with Crippen LogP contribution in [0.15, 0.2) is 51.9 Å². The van der Waals surface area contributed by atoms with Crippen LogP contribution in [0.25, 0.3) is 12.2 Å². The number of ether oxygens (including phenoxy) is 2. The maximum Gasteiger partial charge on any atom is 0.248 e. The highest BCUT2D eigenvalue weighted by molar-refractivity contribution is 7.89. The monoisotopic (exact) mass is 527 g/mol. The maximum absolute atomic E-state index is 14.0. The normalized spacial score (nSPS) is 18.2. The summed E-state index contributed by atoms with van der Waals surface area (Å²) in [5.74, 6) is -0.0996. The van der Waals surface area contributed by atoms with Gasteiger partial charge in [-0.15, -0.1) is 0 Å². The summed E-state index contributed by atoms with van der Waals surface area (Å²) in [6.45, 7) is 2.71. The second-order valence-corrected chi connectivity index (χ2v) is 10.7. The van der Waals surface area contributed by atoms with Crippen LogP contribution >= 0.6 is 0 Å². The smallest absolute Gasteiger partial charge is 0.248 e. The van der Waals surface area contributed by atoms with E-state index < -0.39 is 21.8 Å². The van der Waals surface area contributed by atoms with Crippen molar-refractivity contribution in [3.8, 4) is 11.5 Å². The lowest BCUT2D eigenvalue weighted by molar-refractivity contribution is -0.120. The number of carbonyl (C=O) groups excluding carboxylic acids is 1. The first-order valence-electron chi connectivity index (χ1n) is 11.9. The lowest BCUT2D eigenvalue weighted by atomic mass is 9.98. The number of aryl methyl sites for hydroxylation is 1. The van der Waals surface area contributed by atoms with Crippen LogP contribution in [0.5, 0.6) is 11.5 Å². The third-order valence-corrected chi connectivity index (χ3v) is 8.34. The summed E-state index contributed by atoms with van der Waals surface area (Å²) < 4.78 is 58.9. The quantitative estimate of drug-likeness (QED) is 0.514. The molecule has 0 spiro atoms. The zero-order chi connectivity index (χ0) is 26.0. The molecule has 1 atom stereocenters. The van der Waals surface area contributed by atoms with Crippen molar-refractivity contribution < 1.29 is 31.6 Å². The van der Waals surface area contributed by atoms with Gasteiger partial charge in [0, 0.05) is 30.4 Å². The average molecular weight is 528 g/mol. The summed E-state index contributed by atoms with van der Waals surface area (Å²) in [4.78, 5) is 12.9. The molecule has 1 fully saturated rings. The van der Waals surface area contributed by atoms with E-state index in [2.05, 4.69) is 10.5 Å². The minimum atomic E-state index is -4.03. The second kappa shape index (κ2) is 10.3. The molecule has 1 saturated heterocycles. The first kappa shape index (κ1) is 25.0. The van der Waals surface area contributed by atoms with E-state index in [-0.39, 0.29) is 40.9 Å². The number of hydrogen-bond donors (Lipinski definition) is 1. The Morgan fingerprint density at radius 2 is 1.92 bits per heavy atom. The van der Waals surface area contributed by atoms with Gasteiger partial charge >= 0.3 is 0 Å². The highest BCUT2D eigenvalue weighted by Crippen LogP contribution is 2.34. The highest BCUT2D eigenvalue weighted by atomic mass is 32.2. The summed E-state index contributed by atoms with van der Waals surface area (Å²) in [5.41, 5.74) is 1.02. The molecule has 1 unspecified atom stereocenters. The fourth-order valence-electron chi connectivity index (χ4n) is 4.44. The molecule has 37 heavy (non-hydrogen) atoms. The van der Waals surface area contributed by atoms with Crippen molar-refractivity contribution in [2.75, 3.05) is 31.6 Å². The molecule has 0 radical (unpaired) electrons. The number of sulfonamides is 1. The number of fused-ring (bicyclic) bond motifs is 1. The number of benzene rings is 2. The van der Waals surface area contributed by atoms with Gasteiger partial charge in [0.2, 0.25) is 15.9 Å². The molecular formula is C26H26FN3O6S. The van der Waals surface area contributed by atoms with E-state index >= 15 is 0 Å². The van der Waals surface area contributed by atoms with E-state index in [9.17, 15) is 17.6 Å². The zero-order valence-corrected chi connectivity index (χ0v) is 21.0. The standard InChI is InChI=1S/C26H26FN3O6S/c1-17-25(23(36-29-17)10-8-18-5-2-3-7-21(18)27)37(32,33)30-12-4-6-19(16-30)26(31)28-20-9-11-22-24(15-20)35-14-13-34-22/h2-3,5,7-11,15,19H,4,6,12-14,16H2,1H3,(H,28,31). The molecule has 3 aromatic rings. The molecule has 2 aliphatic rings. The SMILES string of the molecule is Cc1noc(C=Cc2ccccc2F)c1S(=O)(=O)N1CCCC(C(=O)Nc2ccc3c(c2)OCCO3)C1. The third-order valence-electron chi connectivity index (χ3n) is 6.32. The predicted octanol–water partition coefficient (Wildman–Crippen LogP) is 4.10. The van der Waals surface area contributed by atoms with Crippen molar-refractivity contribution in [2.24, 2.45) is 5.92 Å². The minimum absolute atomic E-state index is 0.00334. The van der Waals surface area contributed by atoms with Gasteiger partial charge in [0.1, 0.15) is 24.7 Å². The van der Waals surface area contributed by atoms with Crippen LogP contribution < -0.4 is 14.8 Å². The molecule has 194 valence electrons. The summed E-state index contributed by atoms with van der Waals surface area (Å²) >= 11 is 0. The topological polar surface area (TPSA) is 111 Å². The van der Waals surface area contributed by atoms with Crippen molar-refractivity contribution in [2.45, 2.75) is 24.7 Å². The Morgan fingerprint density at radius 1 is 1.14 bits per heavy atom. The van der Waals surface area contributed by atoms with Gasteiger partial charge in [-0.3, -0.25) is 4.79 Å². The number of nitrogens with one attached hydrogen (secondary N) is 1. The Hall–Kier alpha value is -3.70. The number of nitrogens with zero attached hydrogens (tertiary/aromatic N) is 2. The van der Waals surface area contributed by atoms with Crippen molar-refractivity contribution in [3.63, 3.8) is 0 Å². The summed E-state index contributed by atoms with van der Waals surface area (Å²) in [7, 11) is -4.03. The molecule has 0 bridgehead atoms. The largest absolute Gasteiger partial charge is 0.486 e. The molecular weight excluding hydrogens is 501 g/mol. The summed E-state index contributed by atoms with van der Waals surface area (Å²) in [6.07, 6.45) is 3.89. The maximum atomic E-state index is 14.0. The Bertz CT molecular complexity index is 1450. The van der Waals surface area contributed by atoms with Gasteiger partial charge in [-0.1, -0.05) is 23.4 Å². The number of hydrogen-bond acceptors (Lipinski definition) is 7. The van der Waals surface area contributed by atoms with Crippen molar-refractivity contribution >= 4 is 33.8 Å². The molecule has 0 saturated carbocycles. The predicted molar refractivity (Wildman–Crippen MR) is 134 cm³/mol. The van der Waals surface area contributed by atoms with Crippen LogP contribution in [0.3, 0.4) is 0 Å². The van der Waals surface area contributed by atoms with Crippen LogP contribution in [0.4, 0.5) is 10.1 Å². The van der Waals surface area contributed by atoms with E-state index in [0.717, 1.165) is 0 Å². The van der Waals surface area contributed by atoms with Crippen LogP contribution in [0.1, 0.15) is 29.9 Å². The molecule has 0 aliphatic carbocycles. The van der Waals surface area contributed by atoms with Crippen LogP contribution in [0, 0.1) is 18.7 Å². The zero-order valence-electron chi connectivity index (χ0n) is 20.1. The lowest BCUT2D eigenvalue weighted by Gasteiger charge is -2.31. The average Bonchev–Trinajstić information content (AvgIpc) is 3.29. The van der Waals surface area contributed by atoms with Gasteiger partial charge < -0.3 is 19.3 Å². The molecule has 11 heteroatoms. The Labute approximate surface area is 213 Å². The second-order valence-electron chi connectivity index (χ2n) is 8.87. The van der Waals surface area contributed by atoms with Gasteiger partial charge in [-0.2, -0.15) is 4.31 Å². The fraction of sp³-hybridized carbons (Fsp3) is 0.308. The third kappa shape index (κ3) is 5.23. The van der Waals surface area contributed by atoms with Crippen LogP contribution in [-0.4, -0.2) is 50.1 Å². The molecule has 1 N–H and O–H groups in total. The van der Waals surface area contributed by atoms with Crippen LogP contribution in [0.2, 0.25) is 0 Å². The first-order chi connectivity index (χ1) is 17.8. The van der Waals surface area contributed by atoms with Gasteiger partial charge in [-0.05, 0) is 50.1 Å². The highest BCUT2D eigenvalue weighted by Gasteiger charge is 2.37. The van der Waals surface area contributed by atoms with E-state index in [0.29, 0.717) is 43.2 Å². The number of amides is 1.